The van der Waals surface area contributed by atoms with Crippen molar-refractivity contribution in [3.63, 3.8) is 0 Å². The van der Waals surface area contributed by atoms with Gasteiger partial charge in [0.15, 0.2) is 0 Å². The second-order valence-corrected chi connectivity index (χ2v) is 6.52. The quantitative estimate of drug-likeness (QED) is 0.769. The lowest BCUT2D eigenvalue weighted by atomic mass is 9.77. The van der Waals surface area contributed by atoms with Crippen molar-refractivity contribution in [2.45, 2.75) is 64.3 Å². The lowest BCUT2D eigenvalue weighted by Gasteiger charge is -2.35. The molecule has 0 aromatic carbocycles. The minimum absolute atomic E-state index is 0.0550. The molecule has 126 valence electrons. The summed E-state index contributed by atoms with van der Waals surface area (Å²) >= 11 is 0. The third-order valence-corrected chi connectivity index (χ3v) is 5.10. The molecule has 1 aliphatic heterocycles. The van der Waals surface area contributed by atoms with E-state index in [1.807, 2.05) is 25.2 Å². The Morgan fingerprint density at radius 3 is 2.43 bits per heavy atom. The van der Waals surface area contributed by atoms with E-state index in [0.29, 0.717) is 0 Å². The van der Waals surface area contributed by atoms with E-state index in [9.17, 15) is 4.79 Å². The summed E-state index contributed by atoms with van der Waals surface area (Å²) in [5.41, 5.74) is 2.29. The van der Waals surface area contributed by atoms with E-state index < -0.39 is 0 Å². The van der Waals surface area contributed by atoms with Gasteiger partial charge in [-0.25, -0.2) is 0 Å². The first-order valence-electron chi connectivity index (χ1n) is 8.67. The summed E-state index contributed by atoms with van der Waals surface area (Å²) in [5.74, 6) is 1.11. The van der Waals surface area contributed by atoms with Gasteiger partial charge < -0.3 is 10.1 Å². The average Bonchev–Trinajstić information content (AvgIpc) is 2.73. The lowest BCUT2D eigenvalue weighted by Crippen LogP contribution is -2.45. The van der Waals surface area contributed by atoms with Gasteiger partial charge in [0, 0.05) is 5.57 Å². The molecule has 3 nitrogen and oxygen atoms in total. The molecule has 23 heavy (non-hydrogen) atoms. The van der Waals surface area contributed by atoms with Crippen molar-refractivity contribution in [2.75, 3.05) is 7.11 Å². The maximum absolute atomic E-state index is 11.5. The topological polar surface area (TPSA) is 38.3 Å². The first-order chi connectivity index (χ1) is 11.1. The predicted octanol–water partition coefficient (Wildman–Crippen LogP) is 4.58. The summed E-state index contributed by atoms with van der Waals surface area (Å²) in [6.07, 6.45) is 18.6. The van der Waals surface area contributed by atoms with Crippen molar-refractivity contribution < 1.29 is 9.53 Å². The molecule has 0 radical (unpaired) electrons. The number of nitrogens with one attached hydrogen (secondary N) is 1. The molecule has 0 aromatic rings. The predicted molar refractivity (Wildman–Crippen MR) is 94.9 cm³/mol. The Morgan fingerprint density at radius 2 is 1.83 bits per heavy atom. The molecule has 3 rings (SSSR count). The zero-order chi connectivity index (χ0) is 16.7. The third-order valence-electron chi connectivity index (χ3n) is 5.10. The van der Waals surface area contributed by atoms with Crippen LogP contribution in [0, 0.1) is 0 Å². The highest BCUT2D eigenvalue weighted by atomic mass is 16.5. The third kappa shape index (κ3) is 4.37. The summed E-state index contributed by atoms with van der Waals surface area (Å²) in [7, 11) is 1.70. The normalized spacial score (nSPS) is 27.8. The minimum atomic E-state index is 0.0550. The highest BCUT2D eigenvalue weighted by Crippen LogP contribution is 2.38. The highest BCUT2D eigenvalue weighted by molar-refractivity contribution is 5.97. The molecule has 0 atom stereocenters. The summed E-state index contributed by atoms with van der Waals surface area (Å²) in [4.78, 5) is 11.5. The number of allylic oxidation sites excluding steroid dienone is 5. The van der Waals surface area contributed by atoms with Crippen LogP contribution in [0.25, 0.3) is 0 Å². The molecular formula is C20H29NO2. The van der Waals surface area contributed by atoms with Crippen LogP contribution in [-0.2, 0) is 9.53 Å². The average molecular weight is 315 g/mol. The molecule has 0 saturated heterocycles. The maximum atomic E-state index is 11.5. The molecule has 2 aliphatic carbocycles. The first kappa shape index (κ1) is 17.6. The van der Waals surface area contributed by atoms with Crippen molar-refractivity contribution in [1.29, 1.82) is 0 Å². The number of amides is 1. The van der Waals surface area contributed by atoms with Gasteiger partial charge in [-0.2, -0.15) is 0 Å². The van der Waals surface area contributed by atoms with Gasteiger partial charge in [-0.3, -0.25) is 4.79 Å². The molecule has 1 heterocycles. The monoisotopic (exact) mass is 315 g/mol. The van der Waals surface area contributed by atoms with Crippen molar-refractivity contribution >= 4 is 5.91 Å². The van der Waals surface area contributed by atoms with Crippen molar-refractivity contribution in [2.24, 2.45) is 0 Å². The van der Waals surface area contributed by atoms with Crippen LogP contribution in [0.5, 0.6) is 0 Å². The van der Waals surface area contributed by atoms with E-state index in [4.69, 9.17) is 4.74 Å². The molecule has 1 fully saturated rings. The SMILES string of the molecule is CC1=C(C)C2(CCCCC2)NC1=O.COC1=C/CC/C=C/C=C\1. The zero-order valence-electron chi connectivity index (χ0n) is 14.7. The molecule has 0 bridgehead atoms. The maximum Gasteiger partial charge on any atom is 0.247 e. The summed E-state index contributed by atoms with van der Waals surface area (Å²) in [6.45, 7) is 4.05. The molecule has 1 spiro atoms. The molecular weight excluding hydrogens is 286 g/mol. The molecule has 0 aromatic heterocycles. The Balaban J connectivity index is 0.000000174. The van der Waals surface area contributed by atoms with E-state index in [1.54, 1.807) is 7.11 Å². The second-order valence-electron chi connectivity index (χ2n) is 6.52. The van der Waals surface area contributed by atoms with Crippen LogP contribution in [-0.4, -0.2) is 18.6 Å². The van der Waals surface area contributed by atoms with Crippen LogP contribution >= 0.6 is 0 Å². The van der Waals surface area contributed by atoms with Gasteiger partial charge in [0.25, 0.3) is 0 Å². The van der Waals surface area contributed by atoms with Gasteiger partial charge in [-0.15, -0.1) is 0 Å². The Hall–Kier alpha value is -1.77. The standard InChI is InChI=1S/C11H17NO.C9H12O/c1-8-9(2)11(12-10(8)13)6-4-3-5-7-11;1-10-9-7-5-3-2-4-6-8-9/h3-7H2,1-2H3,(H,12,13);2-3,5,7-8H,4,6H2,1H3/b;3-2+,7-5-,9-8+. The molecule has 1 amide bonds. The van der Waals surface area contributed by atoms with E-state index in [-0.39, 0.29) is 11.4 Å². The molecule has 0 unspecified atom stereocenters. The number of methoxy groups -OCH3 is 1. The number of ether oxygens (including phenoxy) is 1. The second kappa shape index (κ2) is 8.19. The van der Waals surface area contributed by atoms with E-state index in [2.05, 4.69) is 24.4 Å². The van der Waals surface area contributed by atoms with Gasteiger partial charge >= 0.3 is 0 Å². The number of hydrogen-bond donors (Lipinski definition) is 1. The molecule has 3 heteroatoms. The smallest absolute Gasteiger partial charge is 0.247 e. The Labute approximate surface area is 140 Å². The fourth-order valence-corrected chi connectivity index (χ4v) is 3.46. The lowest BCUT2D eigenvalue weighted by molar-refractivity contribution is -0.118. The summed E-state index contributed by atoms with van der Waals surface area (Å²) in [5, 5.41) is 3.16. The van der Waals surface area contributed by atoms with Crippen LogP contribution in [0.15, 0.2) is 47.3 Å². The molecule has 1 saturated carbocycles. The van der Waals surface area contributed by atoms with E-state index >= 15 is 0 Å². The van der Waals surface area contributed by atoms with Crippen LogP contribution in [0.1, 0.15) is 58.8 Å². The zero-order valence-corrected chi connectivity index (χ0v) is 14.7. The van der Waals surface area contributed by atoms with E-state index in [0.717, 1.165) is 37.0 Å². The van der Waals surface area contributed by atoms with Crippen LogP contribution in [0.2, 0.25) is 0 Å². The highest BCUT2D eigenvalue weighted by Gasteiger charge is 2.41. The fraction of sp³-hybridized carbons (Fsp3) is 0.550. The number of rotatable bonds is 1. The number of carbonyl (C=O) groups excluding carboxylic acids is 1. The summed E-state index contributed by atoms with van der Waals surface area (Å²) < 4.78 is 5.07. The van der Waals surface area contributed by atoms with Crippen LogP contribution in [0.4, 0.5) is 0 Å². The minimum Gasteiger partial charge on any atom is -0.497 e. The van der Waals surface area contributed by atoms with Crippen LogP contribution < -0.4 is 5.32 Å². The number of carbonyl (C=O) groups is 1. The number of hydrogen-bond acceptors (Lipinski definition) is 2. The Kier molecular flexibility index (Phi) is 6.26. The Morgan fingerprint density at radius 1 is 1.09 bits per heavy atom. The van der Waals surface area contributed by atoms with Crippen molar-refractivity contribution in [3.05, 3.63) is 47.3 Å². The summed E-state index contributed by atoms with van der Waals surface area (Å²) in [6, 6.07) is 0. The largest absolute Gasteiger partial charge is 0.497 e. The molecule has 3 aliphatic rings. The van der Waals surface area contributed by atoms with Gasteiger partial charge in [0.2, 0.25) is 5.91 Å². The van der Waals surface area contributed by atoms with Gasteiger partial charge in [-0.05, 0) is 57.3 Å². The van der Waals surface area contributed by atoms with E-state index in [1.165, 1.54) is 24.8 Å². The van der Waals surface area contributed by atoms with Gasteiger partial charge in [0.05, 0.1) is 12.6 Å². The first-order valence-corrected chi connectivity index (χ1v) is 8.67. The molecule has 1 N–H and O–H groups in total. The Bertz CT molecular complexity index is 543. The van der Waals surface area contributed by atoms with Crippen LogP contribution in [0.3, 0.4) is 0 Å². The van der Waals surface area contributed by atoms with Crippen molar-refractivity contribution in [1.82, 2.24) is 5.32 Å². The van der Waals surface area contributed by atoms with Gasteiger partial charge in [0.1, 0.15) is 5.76 Å². The van der Waals surface area contributed by atoms with Crippen molar-refractivity contribution in [3.8, 4) is 0 Å². The fourth-order valence-electron chi connectivity index (χ4n) is 3.46. The van der Waals surface area contributed by atoms with Gasteiger partial charge in [-0.1, -0.05) is 37.5 Å².